The van der Waals surface area contributed by atoms with Crippen LogP contribution in [0.1, 0.15) is 11.1 Å². The molecular formula is C8H6F3NO2Se. The minimum atomic E-state index is -4.55. The molecule has 0 amide bonds. The molecule has 3 nitrogen and oxygen atoms in total. The van der Waals surface area contributed by atoms with E-state index < -0.39 is 22.4 Å². The van der Waals surface area contributed by atoms with Gasteiger partial charge in [-0.2, -0.15) is 0 Å². The quantitative estimate of drug-likeness (QED) is 0.473. The summed E-state index contributed by atoms with van der Waals surface area (Å²) in [5.41, 5.74) is -1.22. The first-order valence-corrected chi connectivity index (χ1v) is 5.14. The summed E-state index contributed by atoms with van der Waals surface area (Å²) >= 11 is 2.09. The number of nitro groups is 1. The number of benzene rings is 1. The molecule has 0 spiro atoms. The van der Waals surface area contributed by atoms with Crippen LogP contribution in [0.15, 0.2) is 18.2 Å². The van der Waals surface area contributed by atoms with E-state index in [1.807, 2.05) is 0 Å². The Labute approximate surface area is 91.2 Å². The van der Waals surface area contributed by atoms with Gasteiger partial charge in [0.15, 0.2) is 0 Å². The third-order valence-electron chi connectivity index (χ3n) is 1.78. The average molecular weight is 284 g/mol. The van der Waals surface area contributed by atoms with Gasteiger partial charge in [-0.05, 0) is 0 Å². The Bertz CT molecular complexity index is 392. The molecule has 15 heavy (non-hydrogen) atoms. The summed E-state index contributed by atoms with van der Waals surface area (Å²) in [6.45, 7) is 0. The predicted octanol–water partition coefficient (Wildman–Crippen LogP) is 2.01. The fraction of sp³-hybridized carbons (Fsp3) is 0.250. The molecule has 0 N–H and O–H groups in total. The average Bonchev–Trinajstić information content (AvgIpc) is 2.15. The predicted molar refractivity (Wildman–Crippen MR) is 49.0 cm³/mol. The molecule has 0 unspecified atom stereocenters. The van der Waals surface area contributed by atoms with Crippen molar-refractivity contribution in [1.82, 2.24) is 0 Å². The van der Waals surface area contributed by atoms with Gasteiger partial charge in [-0.1, -0.05) is 0 Å². The Hall–Kier alpha value is -1.07. The van der Waals surface area contributed by atoms with Crippen LogP contribution in [0.25, 0.3) is 0 Å². The second-order valence-corrected chi connectivity index (χ2v) is 3.42. The molecule has 0 aliphatic carbocycles. The van der Waals surface area contributed by atoms with Crippen molar-refractivity contribution < 1.29 is 18.1 Å². The van der Waals surface area contributed by atoms with E-state index in [-0.39, 0.29) is 10.9 Å². The van der Waals surface area contributed by atoms with Crippen LogP contribution in [0.5, 0.6) is 0 Å². The van der Waals surface area contributed by atoms with Gasteiger partial charge in [0.1, 0.15) is 0 Å². The van der Waals surface area contributed by atoms with Crippen LogP contribution in [0.2, 0.25) is 0 Å². The van der Waals surface area contributed by atoms with Gasteiger partial charge in [0.25, 0.3) is 0 Å². The third-order valence-corrected chi connectivity index (χ3v) is 2.49. The first kappa shape index (κ1) is 12.0. The summed E-state index contributed by atoms with van der Waals surface area (Å²) in [4.78, 5) is 9.68. The zero-order valence-corrected chi connectivity index (χ0v) is 9.16. The molecule has 0 bridgehead atoms. The van der Waals surface area contributed by atoms with Crippen LogP contribution in [0, 0.1) is 10.1 Å². The molecule has 7 heteroatoms. The summed E-state index contributed by atoms with van der Waals surface area (Å²) in [7, 11) is 0. The van der Waals surface area contributed by atoms with Gasteiger partial charge in [-0.3, -0.25) is 0 Å². The van der Waals surface area contributed by atoms with E-state index in [1.165, 1.54) is 0 Å². The molecule has 0 radical (unpaired) electrons. The van der Waals surface area contributed by atoms with E-state index in [1.54, 1.807) is 0 Å². The molecule has 1 rings (SSSR count). The van der Waals surface area contributed by atoms with E-state index in [0.29, 0.717) is 6.07 Å². The molecule has 0 aromatic heterocycles. The van der Waals surface area contributed by atoms with Crippen LogP contribution in [0.4, 0.5) is 18.9 Å². The zero-order valence-electron chi connectivity index (χ0n) is 7.28. The number of hydrogen-bond acceptors (Lipinski definition) is 2. The first-order valence-electron chi connectivity index (χ1n) is 3.81. The Kier molecular flexibility index (Phi) is 3.36. The number of hydrogen-bond donors (Lipinski definition) is 0. The summed E-state index contributed by atoms with van der Waals surface area (Å²) in [5, 5.41) is 10.8. The molecule has 0 aliphatic rings. The Balaban J connectivity index is 3.28. The molecule has 0 saturated carbocycles. The molecule has 1 aromatic rings. The molecule has 0 heterocycles. The zero-order chi connectivity index (χ0) is 11.6. The third kappa shape index (κ3) is 2.70. The minimum absolute atomic E-state index is 0.265. The Morgan fingerprint density at radius 3 is 2.40 bits per heavy atom. The van der Waals surface area contributed by atoms with E-state index in [9.17, 15) is 23.3 Å². The monoisotopic (exact) mass is 285 g/mol. The van der Waals surface area contributed by atoms with Crippen molar-refractivity contribution in [3.8, 4) is 0 Å². The molecular weight excluding hydrogens is 278 g/mol. The van der Waals surface area contributed by atoms with Crippen molar-refractivity contribution >= 4 is 21.7 Å². The summed E-state index contributed by atoms with van der Waals surface area (Å²) in [5.74, 6) is 0. The molecule has 0 saturated heterocycles. The number of halogens is 3. The van der Waals surface area contributed by atoms with Crippen LogP contribution in [-0.2, 0) is 11.5 Å². The first-order chi connectivity index (χ1) is 6.86. The molecule has 0 atom stereocenters. The molecule has 82 valence electrons. The fourth-order valence-electron chi connectivity index (χ4n) is 1.04. The van der Waals surface area contributed by atoms with E-state index in [0.717, 1.165) is 12.1 Å². The number of rotatable bonds is 2. The standard InChI is InChI=1S/C8H6F3NO2Se/c9-8(10,11)6-2-1-5(4-15)7(3-6)12(13)14/h1-3,15H,4H2. The van der Waals surface area contributed by atoms with E-state index in [4.69, 9.17) is 0 Å². The van der Waals surface area contributed by atoms with Crippen molar-refractivity contribution in [1.29, 1.82) is 0 Å². The maximum absolute atomic E-state index is 12.2. The van der Waals surface area contributed by atoms with Gasteiger partial charge in [0.05, 0.1) is 0 Å². The van der Waals surface area contributed by atoms with Crippen molar-refractivity contribution in [3.63, 3.8) is 0 Å². The number of alkyl halides is 3. The molecule has 1 aromatic carbocycles. The van der Waals surface area contributed by atoms with Gasteiger partial charge >= 0.3 is 90.7 Å². The Morgan fingerprint density at radius 1 is 1.40 bits per heavy atom. The SMILES string of the molecule is O=[N+]([O-])c1cc(C(F)(F)F)ccc1C[SeH]. The maximum atomic E-state index is 12.2. The normalized spacial score (nSPS) is 11.5. The van der Waals surface area contributed by atoms with Crippen LogP contribution >= 0.6 is 0 Å². The second-order valence-electron chi connectivity index (χ2n) is 2.76. The molecule has 0 aliphatic heterocycles. The van der Waals surface area contributed by atoms with Gasteiger partial charge in [-0.15, -0.1) is 0 Å². The second kappa shape index (κ2) is 4.20. The van der Waals surface area contributed by atoms with Gasteiger partial charge < -0.3 is 0 Å². The van der Waals surface area contributed by atoms with Crippen LogP contribution < -0.4 is 0 Å². The van der Waals surface area contributed by atoms with Gasteiger partial charge in [0, 0.05) is 0 Å². The number of nitro benzene ring substituents is 1. The summed E-state index contributed by atoms with van der Waals surface area (Å²) in [6, 6.07) is 2.53. The summed E-state index contributed by atoms with van der Waals surface area (Å²) < 4.78 is 36.7. The van der Waals surface area contributed by atoms with Crippen molar-refractivity contribution in [2.24, 2.45) is 0 Å². The van der Waals surface area contributed by atoms with E-state index >= 15 is 0 Å². The van der Waals surface area contributed by atoms with E-state index in [2.05, 4.69) is 16.0 Å². The Morgan fingerprint density at radius 2 is 2.00 bits per heavy atom. The van der Waals surface area contributed by atoms with Crippen molar-refractivity contribution in [2.75, 3.05) is 0 Å². The van der Waals surface area contributed by atoms with Gasteiger partial charge in [0.2, 0.25) is 0 Å². The summed E-state index contributed by atoms with van der Waals surface area (Å²) in [6.07, 6.45) is -4.55. The van der Waals surface area contributed by atoms with Gasteiger partial charge in [-0.25, -0.2) is 0 Å². The molecule has 0 fully saturated rings. The van der Waals surface area contributed by atoms with Crippen molar-refractivity contribution in [2.45, 2.75) is 11.5 Å². The topological polar surface area (TPSA) is 43.1 Å². The number of nitrogens with zero attached hydrogens (tertiary/aromatic N) is 1. The van der Waals surface area contributed by atoms with Crippen molar-refractivity contribution in [3.05, 3.63) is 39.4 Å². The van der Waals surface area contributed by atoms with Crippen LogP contribution in [-0.4, -0.2) is 20.9 Å². The fourth-order valence-corrected chi connectivity index (χ4v) is 1.60. The van der Waals surface area contributed by atoms with Crippen LogP contribution in [0.3, 0.4) is 0 Å².